The molecule has 0 bridgehead atoms. The minimum Gasteiger partial charge on any atom is -0.467 e. The van der Waals surface area contributed by atoms with E-state index in [0.29, 0.717) is 19.1 Å². The Balaban J connectivity index is 1.28. The van der Waals surface area contributed by atoms with Crippen LogP contribution < -0.4 is 21.1 Å². The van der Waals surface area contributed by atoms with Gasteiger partial charge in [0.15, 0.2) is 5.16 Å². The molecule has 0 spiro atoms. The summed E-state index contributed by atoms with van der Waals surface area (Å²) in [5, 5.41) is 19.3. The number of carbonyl (C=O) groups excluding carboxylic acids is 1. The summed E-state index contributed by atoms with van der Waals surface area (Å²) in [6.45, 7) is 3.40. The first-order valence-corrected chi connectivity index (χ1v) is 12.3. The monoisotopic (exact) mass is 457 g/mol. The van der Waals surface area contributed by atoms with E-state index in [1.54, 1.807) is 6.26 Å². The lowest BCUT2D eigenvalue weighted by Gasteiger charge is -2.31. The molecule has 3 aliphatic rings. The number of carbonyl (C=O) groups is 1. The number of furan rings is 1. The van der Waals surface area contributed by atoms with Crippen molar-refractivity contribution in [2.75, 3.05) is 17.4 Å². The van der Waals surface area contributed by atoms with E-state index in [-0.39, 0.29) is 17.8 Å². The van der Waals surface area contributed by atoms with Crippen LogP contribution in [0.1, 0.15) is 41.3 Å². The maximum atomic E-state index is 12.4. The smallest absolute Gasteiger partial charge is 0.249 e. The zero-order valence-electron chi connectivity index (χ0n) is 17.1. The van der Waals surface area contributed by atoms with Crippen molar-refractivity contribution in [3.05, 3.63) is 40.2 Å². The molecule has 1 unspecified atom stereocenters. The fraction of sp³-hybridized carbons (Fsp3) is 0.450. The molecule has 3 aromatic rings. The third-order valence-corrected chi connectivity index (χ3v) is 8.20. The van der Waals surface area contributed by atoms with Gasteiger partial charge in [-0.25, -0.2) is 9.99 Å². The average Bonchev–Trinajstić information content (AvgIpc) is 3.54. The summed E-state index contributed by atoms with van der Waals surface area (Å²) in [4.78, 5) is 13.8. The van der Waals surface area contributed by atoms with Gasteiger partial charge in [0.25, 0.3) is 0 Å². The third-order valence-electron chi connectivity index (χ3n) is 6.02. The number of nitrogens with zero attached hydrogens (tertiary/aromatic N) is 4. The van der Waals surface area contributed by atoms with Gasteiger partial charge in [-0.05, 0) is 42.9 Å². The maximum absolute atomic E-state index is 12.4. The van der Waals surface area contributed by atoms with E-state index in [9.17, 15) is 4.79 Å². The second-order valence-electron chi connectivity index (χ2n) is 8.14. The zero-order valence-corrected chi connectivity index (χ0v) is 18.7. The predicted octanol–water partition coefficient (Wildman–Crippen LogP) is 2.34. The summed E-state index contributed by atoms with van der Waals surface area (Å²) in [7, 11) is 0. The van der Waals surface area contributed by atoms with Gasteiger partial charge in [0.2, 0.25) is 11.9 Å². The van der Waals surface area contributed by atoms with Gasteiger partial charge >= 0.3 is 0 Å². The number of hydrogen-bond donors (Lipinski definition) is 3. The third kappa shape index (κ3) is 3.27. The van der Waals surface area contributed by atoms with Gasteiger partial charge in [-0.2, -0.15) is 0 Å². The lowest BCUT2D eigenvalue weighted by Crippen LogP contribution is -2.39. The summed E-state index contributed by atoms with van der Waals surface area (Å²) >= 11 is 3.27. The van der Waals surface area contributed by atoms with Crippen LogP contribution in [0.15, 0.2) is 28.0 Å². The Morgan fingerprint density at radius 1 is 1.45 bits per heavy atom. The molecule has 6 rings (SSSR count). The van der Waals surface area contributed by atoms with Crippen LogP contribution in [-0.2, 0) is 24.2 Å². The molecule has 3 aromatic heterocycles. The Kier molecular flexibility index (Phi) is 4.78. The van der Waals surface area contributed by atoms with Crippen molar-refractivity contribution in [2.45, 2.75) is 44.1 Å². The summed E-state index contributed by atoms with van der Waals surface area (Å²) < 4.78 is 7.39. The molecular weight excluding hydrogens is 434 g/mol. The first-order valence-electron chi connectivity index (χ1n) is 10.5. The fourth-order valence-corrected chi connectivity index (χ4v) is 6.87. The van der Waals surface area contributed by atoms with Gasteiger partial charge in [-0.3, -0.25) is 15.1 Å². The molecule has 2 atom stereocenters. The largest absolute Gasteiger partial charge is 0.467 e. The molecule has 0 saturated carbocycles. The molecule has 31 heavy (non-hydrogen) atoms. The van der Waals surface area contributed by atoms with Crippen molar-refractivity contribution in [1.29, 1.82) is 0 Å². The van der Waals surface area contributed by atoms with Crippen LogP contribution in [0.25, 0.3) is 5.00 Å². The van der Waals surface area contributed by atoms with Crippen LogP contribution in [0.4, 0.5) is 5.95 Å². The van der Waals surface area contributed by atoms with Crippen LogP contribution in [-0.4, -0.2) is 33.1 Å². The molecule has 1 saturated heterocycles. The molecule has 1 aliphatic carbocycles. The van der Waals surface area contributed by atoms with Crippen molar-refractivity contribution in [3.63, 3.8) is 0 Å². The number of fused-ring (bicyclic) bond motifs is 8. The van der Waals surface area contributed by atoms with Crippen LogP contribution >= 0.6 is 23.1 Å². The minimum atomic E-state index is -0.0621. The first kappa shape index (κ1) is 19.4. The fourth-order valence-electron chi connectivity index (χ4n) is 4.51. The number of aromatic nitrogens is 3. The van der Waals surface area contributed by atoms with Crippen LogP contribution in [0.3, 0.4) is 0 Å². The predicted molar refractivity (Wildman–Crippen MR) is 118 cm³/mol. The number of rotatable bonds is 5. The van der Waals surface area contributed by atoms with E-state index in [1.807, 2.05) is 23.5 Å². The van der Waals surface area contributed by atoms with Gasteiger partial charge in [-0.15, -0.1) is 21.5 Å². The molecular formula is C20H23N7O2S2. The number of nitrogens with one attached hydrogen (secondary N) is 3. The standard InChI is InChI=1S/C20H23N7O2S2/c1-11-4-5-13-14(7-11)31-18-16(13)17-22-10-23-27(17)19-24-25-20(26(18)19)30-9-15(28)21-8-12-3-2-6-29-12/h2-3,6,11,17,22-23H,4-5,7-10H2,1H3,(H,21,28)/t11-,17?/m0/s1. The summed E-state index contributed by atoms with van der Waals surface area (Å²) in [6, 6.07) is 3.66. The molecule has 0 aromatic carbocycles. The average molecular weight is 458 g/mol. The van der Waals surface area contributed by atoms with Crippen molar-refractivity contribution in [2.24, 2.45) is 5.92 Å². The topological polar surface area (TPSA) is 100 Å². The lowest BCUT2D eigenvalue weighted by atomic mass is 9.87. The van der Waals surface area contributed by atoms with Crippen molar-refractivity contribution < 1.29 is 9.21 Å². The van der Waals surface area contributed by atoms with Crippen molar-refractivity contribution in [3.8, 4) is 5.00 Å². The summed E-state index contributed by atoms with van der Waals surface area (Å²) in [5.41, 5.74) is 6.20. The second kappa shape index (κ2) is 7.66. The Morgan fingerprint density at radius 3 is 3.26 bits per heavy atom. The van der Waals surface area contributed by atoms with Gasteiger partial charge < -0.3 is 9.73 Å². The van der Waals surface area contributed by atoms with E-state index >= 15 is 0 Å². The van der Waals surface area contributed by atoms with E-state index in [0.717, 1.165) is 29.7 Å². The number of amides is 1. The Bertz CT molecular complexity index is 1120. The number of hydrogen-bond acceptors (Lipinski definition) is 9. The maximum Gasteiger partial charge on any atom is 0.249 e. The van der Waals surface area contributed by atoms with E-state index < -0.39 is 0 Å². The van der Waals surface area contributed by atoms with Crippen LogP contribution in [0.2, 0.25) is 0 Å². The number of anilines is 1. The van der Waals surface area contributed by atoms with E-state index in [2.05, 4.69) is 42.8 Å². The van der Waals surface area contributed by atoms with Crippen molar-refractivity contribution >= 4 is 35.0 Å². The van der Waals surface area contributed by atoms with Crippen molar-refractivity contribution in [1.82, 2.24) is 30.8 Å². The van der Waals surface area contributed by atoms with E-state index in [1.165, 1.54) is 39.2 Å². The molecule has 9 nitrogen and oxygen atoms in total. The normalized spacial score (nSPS) is 21.4. The van der Waals surface area contributed by atoms with Gasteiger partial charge in [0, 0.05) is 10.4 Å². The van der Waals surface area contributed by atoms with Gasteiger partial charge in [-0.1, -0.05) is 18.7 Å². The number of hydrazine groups is 1. The molecule has 0 radical (unpaired) electrons. The van der Waals surface area contributed by atoms with Crippen LogP contribution in [0.5, 0.6) is 0 Å². The summed E-state index contributed by atoms with van der Waals surface area (Å²) in [5.74, 6) is 2.43. The molecule has 162 valence electrons. The lowest BCUT2D eigenvalue weighted by molar-refractivity contribution is -0.118. The molecule has 5 heterocycles. The Labute approximate surface area is 187 Å². The van der Waals surface area contributed by atoms with Gasteiger partial charge in [0.05, 0.1) is 25.2 Å². The molecule has 1 amide bonds. The highest BCUT2D eigenvalue weighted by molar-refractivity contribution is 7.99. The second-order valence-corrected chi connectivity index (χ2v) is 10.2. The molecule has 2 aliphatic heterocycles. The van der Waals surface area contributed by atoms with Gasteiger partial charge in [0.1, 0.15) is 16.9 Å². The molecule has 3 N–H and O–H groups in total. The highest BCUT2D eigenvalue weighted by Gasteiger charge is 2.42. The molecule has 1 fully saturated rings. The number of thiophene rings is 1. The summed E-state index contributed by atoms with van der Waals surface area (Å²) in [6.07, 6.45) is 5.15. The first-order chi connectivity index (χ1) is 15.2. The Hall–Kier alpha value is -2.34. The minimum absolute atomic E-state index is 0.0621. The SMILES string of the molecule is C[C@H]1CCc2c(sc3c2C2NCNN2c2nnc(SCC(=O)NCc4ccco4)n2-3)C1. The zero-order chi connectivity index (χ0) is 20.9. The highest BCUT2D eigenvalue weighted by Crippen LogP contribution is 2.48. The van der Waals surface area contributed by atoms with E-state index in [4.69, 9.17) is 4.42 Å². The Morgan fingerprint density at radius 2 is 2.39 bits per heavy atom. The quantitative estimate of drug-likeness (QED) is 0.502. The number of thioether (sulfide) groups is 1. The molecule has 11 heteroatoms. The highest BCUT2D eigenvalue weighted by atomic mass is 32.2. The van der Waals surface area contributed by atoms with Crippen LogP contribution in [0, 0.1) is 5.92 Å².